The van der Waals surface area contributed by atoms with Crippen molar-refractivity contribution >= 4 is 5.82 Å². The fourth-order valence-corrected chi connectivity index (χ4v) is 2.23. The molecule has 0 amide bonds. The first-order valence-corrected chi connectivity index (χ1v) is 6.05. The number of nitriles is 1. The van der Waals surface area contributed by atoms with Gasteiger partial charge in [0.1, 0.15) is 6.07 Å². The Morgan fingerprint density at radius 2 is 2.35 bits per heavy atom. The average Bonchev–Trinajstić information content (AvgIpc) is 2.89. The van der Waals surface area contributed by atoms with E-state index in [4.69, 9.17) is 5.26 Å². The molecule has 0 bridgehead atoms. The van der Waals surface area contributed by atoms with E-state index < -0.39 is 0 Å². The van der Waals surface area contributed by atoms with E-state index in [-0.39, 0.29) is 0 Å². The molecule has 0 radical (unpaired) electrons. The molecule has 1 N–H and O–H groups in total. The van der Waals surface area contributed by atoms with Crippen molar-refractivity contribution in [2.45, 2.75) is 25.8 Å². The van der Waals surface area contributed by atoms with Crippen LogP contribution in [0.2, 0.25) is 0 Å². The molecular weight excluding hydrogens is 214 g/mol. The quantitative estimate of drug-likeness (QED) is 0.835. The van der Waals surface area contributed by atoms with Crippen LogP contribution in [0.15, 0.2) is 12.4 Å². The average molecular weight is 231 g/mol. The van der Waals surface area contributed by atoms with E-state index in [0.29, 0.717) is 11.7 Å². The summed E-state index contributed by atoms with van der Waals surface area (Å²) in [5.74, 6) is 0.727. The number of nitrogens with zero attached hydrogens (tertiary/aromatic N) is 4. The molecule has 2 heterocycles. The molecule has 0 aliphatic carbocycles. The van der Waals surface area contributed by atoms with E-state index in [1.54, 1.807) is 12.4 Å². The fraction of sp³-hybridized carbons (Fsp3) is 0.583. The van der Waals surface area contributed by atoms with Gasteiger partial charge in [0, 0.05) is 31.5 Å². The first-order valence-electron chi connectivity index (χ1n) is 6.05. The zero-order chi connectivity index (χ0) is 12.1. The summed E-state index contributed by atoms with van der Waals surface area (Å²) in [6.07, 6.45) is 5.36. The molecule has 1 saturated heterocycles. The summed E-state index contributed by atoms with van der Waals surface area (Å²) < 4.78 is 0. The van der Waals surface area contributed by atoms with Crippen LogP contribution in [0.4, 0.5) is 5.82 Å². The molecule has 1 aromatic heterocycles. The van der Waals surface area contributed by atoms with Crippen LogP contribution in [0.25, 0.3) is 0 Å². The smallest absolute Gasteiger partial charge is 0.183 e. The summed E-state index contributed by atoms with van der Waals surface area (Å²) in [7, 11) is 0. The van der Waals surface area contributed by atoms with Crippen molar-refractivity contribution < 1.29 is 0 Å². The van der Waals surface area contributed by atoms with Gasteiger partial charge in [-0.15, -0.1) is 0 Å². The summed E-state index contributed by atoms with van der Waals surface area (Å²) in [5.41, 5.74) is 0.424. The Balaban J connectivity index is 2.28. The molecule has 1 aromatic rings. The maximum Gasteiger partial charge on any atom is 0.183 e. The van der Waals surface area contributed by atoms with Gasteiger partial charge in [-0.25, -0.2) is 9.97 Å². The van der Waals surface area contributed by atoms with Crippen LogP contribution < -0.4 is 10.2 Å². The van der Waals surface area contributed by atoms with Gasteiger partial charge in [-0.05, 0) is 19.4 Å². The maximum atomic E-state index is 9.08. The minimum atomic E-state index is 0.424. The third kappa shape index (κ3) is 2.53. The molecule has 0 spiro atoms. The molecule has 1 unspecified atom stereocenters. The SMILES string of the molecule is CCCN(c1nccnc1C#N)C1CCNC1. The van der Waals surface area contributed by atoms with Crippen molar-refractivity contribution in [3.05, 3.63) is 18.1 Å². The van der Waals surface area contributed by atoms with Gasteiger partial charge in [0.2, 0.25) is 0 Å². The van der Waals surface area contributed by atoms with E-state index in [1.807, 2.05) is 0 Å². The summed E-state index contributed by atoms with van der Waals surface area (Å²) in [5, 5.41) is 12.4. The van der Waals surface area contributed by atoms with E-state index in [2.05, 4.69) is 33.2 Å². The van der Waals surface area contributed by atoms with E-state index >= 15 is 0 Å². The van der Waals surface area contributed by atoms with Gasteiger partial charge in [0.25, 0.3) is 0 Å². The Bertz CT molecular complexity index is 406. The van der Waals surface area contributed by atoms with Crippen molar-refractivity contribution in [3.8, 4) is 6.07 Å². The van der Waals surface area contributed by atoms with Gasteiger partial charge in [-0.2, -0.15) is 5.26 Å². The van der Waals surface area contributed by atoms with Crippen molar-refractivity contribution in [1.82, 2.24) is 15.3 Å². The van der Waals surface area contributed by atoms with Crippen molar-refractivity contribution in [1.29, 1.82) is 5.26 Å². The lowest BCUT2D eigenvalue weighted by molar-refractivity contribution is 0.616. The number of anilines is 1. The first-order chi connectivity index (χ1) is 8.36. The van der Waals surface area contributed by atoms with E-state index in [9.17, 15) is 0 Å². The Kier molecular flexibility index (Phi) is 3.89. The van der Waals surface area contributed by atoms with Crippen LogP contribution in [0.5, 0.6) is 0 Å². The minimum Gasteiger partial charge on any atom is -0.350 e. The van der Waals surface area contributed by atoms with Crippen LogP contribution in [0.3, 0.4) is 0 Å². The zero-order valence-corrected chi connectivity index (χ0v) is 10.1. The lowest BCUT2D eigenvalue weighted by Crippen LogP contribution is -2.38. The lowest BCUT2D eigenvalue weighted by Gasteiger charge is -2.29. The number of nitrogens with one attached hydrogen (secondary N) is 1. The second kappa shape index (κ2) is 5.60. The number of aromatic nitrogens is 2. The van der Waals surface area contributed by atoms with Gasteiger partial charge in [0.15, 0.2) is 11.5 Å². The highest BCUT2D eigenvalue weighted by molar-refractivity contribution is 5.50. The predicted molar refractivity (Wildman–Crippen MR) is 65.7 cm³/mol. The molecule has 1 aliphatic heterocycles. The summed E-state index contributed by atoms with van der Waals surface area (Å²) >= 11 is 0. The van der Waals surface area contributed by atoms with Crippen molar-refractivity contribution in [3.63, 3.8) is 0 Å². The molecular formula is C12H17N5. The third-order valence-corrected chi connectivity index (χ3v) is 3.00. The first kappa shape index (κ1) is 11.8. The molecule has 0 aromatic carbocycles. The molecule has 90 valence electrons. The molecule has 5 heteroatoms. The molecule has 1 aliphatic rings. The van der Waals surface area contributed by atoms with E-state index in [1.165, 1.54) is 0 Å². The second-order valence-electron chi connectivity index (χ2n) is 4.18. The fourth-order valence-electron chi connectivity index (χ4n) is 2.23. The van der Waals surface area contributed by atoms with Gasteiger partial charge in [-0.3, -0.25) is 0 Å². The normalized spacial score (nSPS) is 18.9. The number of rotatable bonds is 4. The molecule has 17 heavy (non-hydrogen) atoms. The highest BCUT2D eigenvalue weighted by Crippen LogP contribution is 2.20. The van der Waals surface area contributed by atoms with Crippen LogP contribution in [0, 0.1) is 11.3 Å². The highest BCUT2D eigenvalue weighted by Gasteiger charge is 2.24. The standard InChI is InChI=1S/C12H17N5/c1-2-7-17(10-3-4-14-9-10)12-11(8-13)15-5-6-16-12/h5-6,10,14H,2-4,7,9H2,1H3. The molecule has 2 rings (SSSR count). The Morgan fingerprint density at radius 3 is 3.00 bits per heavy atom. The Hall–Kier alpha value is -1.67. The van der Waals surface area contributed by atoms with Crippen LogP contribution in [0.1, 0.15) is 25.5 Å². The molecule has 0 saturated carbocycles. The van der Waals surface area contributed by atoms with Gasteiger partial charge >= 0.3 is 0 Å². The molecule has 1 atom stereocenters. The Morgan fingerprint density at radius 1 is 1.53 bits per heavy atom. The largest absolute Gasteiger partial charge is 0.350 e. The van der Waals surface area contributed by atoms with E-state index in [0.717, 1.165) is 38.3 Å². The van der Waals surface area contributed by atoms with Crippen molar-refractivity contribution in [2.24, 2.45) is 0 Å². The van der Waals surface area contributed by atoms with Crippen LogP contribution in [-0.4, -0.2) is 35.6 Å². The number of hydrogen-bond acceptors (Lipinski definition) is 5. The van der Waals surface area contributed by atoms with Gasteiger partial charge in [0.05, 0.1) is 0 Å². The van der Waals surface area contributed by atoms with Gasteiger partial charge in [-0.1, -0.05) is 6.92 Å². The zero-order valence-electron chi connectivity index (χ0n) is 10.1. The summed E-state index contributed by atoms with van der Waals surface area (Å²) in [4.78, 5) is 10.6. The Labute approximate surface area is 101 Å². The summed E-state index contributed by atoms with van der Waals surface area (Å²) in [6.45, 7) is 5.05. The predicted octanol–water partition coefficient (Wildman–Crippen LogP) is 0.927. The molecule has 1 fully saturated rings. The molecule has 5 nitrogen and oxygen atoms in total. The maximum absolute atomic E-state index is 9.08. The number of hydrogen-bond donors (Lipinski definition) is 1. The summed E-state index contributed by atoms with van der Waals surface area (Å²) in [6, 6.07) is 2.55. The minimum absolute atomic E-state index is 0.424. The monoisotopic (exact) mass is 231 g/mol. The highest BCUT2D eigenvalue weighted by atomic mass is 15.2. The lowest BCUT2D eigenvalue weighted by atomic mass is 10.2. The van der Waals surface area contributed by atoms with Gasteiger partial charge < -0.3 is 10.2 Å². The van der Waals surface area contributed by atoms with Crippen molar-refractivity contribution in [2.75, 3.05) is 24.5 Å². The topological polar surface area (TPSA) is 64.8 Å². The van der Waals surface area contributed by atoms with Crippen LogP contribution in [-0.2, 0) is 0 Å². The third-order valence-electron chi connectivity index (χ3n) is 3.00. The van der Waals surface area contributed by atoms with Crippen LogP contribution >= 0.6 is 0 Å². The second-order valence-corrected chi connectivity index (χ2v) is 4.18.